The van der Waals surface area contributed by atoms with Gasteiger partial charge in [0.1, 0.15) is 11.9 Å². The molecular weight excluding hydrogens is 553 g/mol. The summed E-state index contributed by atoms with van der Waals surface area (Å²) in [7, 11) is 2.29. The fourth-order valence-corrected chi connectivity index (χ4v) is 5.98. The Bertz CT molecular complexity index is 1370. The number of carbonyl (C=O) groups is 1. The number of anilines is 4. The molecule has 1 aromatic carbocycles. The van der Waals surface area contributed by atoms with Crippen molar-refractivity contribution in [3.05, 3.63) is 36.8 Å². The van der Waals surface area contributed by atoms with Gasteiger partial charge in [0.05, 0.1) is 43.2 Å². The highest BCUT2D eigenvalue weighted by Gasteiger charge is 2.29. The Morgan fingerprint density at radius 3 is 2.56 bits per heavy atom. The molecule has 2 N–H and O–H groups in total. The number of nitrogens with one attached hydrogen (secondary N) is 2. The molecule has 2 aliphatic heterocycles. The second-order valence-corrected chi connectivity index (χ2v) is 12.4. The normalized spacial score (nSPS) is 18.7. The Kier molecular flexibility index (Phi) is 9.66. The van der Waals surface area contributed by atoms with E-state index in [1.54, 1.807) is 6.07 Å². The van der Waals surface area contributed by atoms with Crippen molar-refractivity contribution in [3.63, 3.8) is 0 Å². The van der Waals surface area contributed by atoms with Crippen LogP contribution >= 0.6 is 0 Å². The van der Waals surface area contributed by atoms with Crippen molar-refractivity contribution in [2.45, 2.75) is 37.8 Å². The molecule has 0 aliphatic carbocycles. The highest BCUT2D eigenvalue weighted by molar-refractivity contribution is 7.88. The van der Waals surface area contributed by atoms with Gasteiger partial charge in [-0.25, -0.2) is 13.4 Å². The zero-order chi connectivity index (χ0) is 29.7. The number of benzene rings is 1. The summed E-state index contributed by atoms with van der Waals surface area (Å²) in [5, 5.41) is 5.92. The number of amides is 1. The topological polar surface area (TPSA) is 129 Å². The van der Waals surface area contributed by atoms with Crippen molar-refractivity contribution in [1.29, 1.82) is 0 Å². The number of ether oxygens (including phenoxy) is 2. The molecule has 2 aromatic rings. The lowest BCUT2D eigenvalue weighted by Crippen LogP contribution is -2.44. The van der Waals surface area contributed by atoms with Crippen LogP contribution in [0, 0.1) is 5.82 Å². The van der Waals surface area contributed by atoms with E-state index in [-0.39, 0.29) is 24.3 Å². The average molecular weight is 592 g/mol. The lowest BCUT2D eigenvalue weighted by Gasteiger charge is -2.37. The van der Waals surface area contributed by atoms with Crippen LogP contribution in [-0.2, 0) is 14.8 Å². The zero-order valence-electron chi connectivity index (χ0n) is 23.9. The van der Waals surface area contributed by atoms with E-state index < -0.39 is 21.9 Å². The first-order valence-corrected chi connectivity index (χ1v) is 15.3. The predicted molar refractivity (Wildman–Crippen MR) is 156 cm³/mol. The molecule has 0 bridgehead atoms. The lowest BCUT2D eigenvalue weighted by atomic mass is 10.0. The average Bonchev–Trinajstić information content (AvgIpc) is 2.94. The summed E-state index contributed by atoms with van der Waals surface area (Å²) in [6.45, 7) is 5.67. The van der Waals surface area contributed by atoms with Crippen LogP contribution in [0.1, 0.15) is 25.7 Å². The molecule has 4 rings (SSSR count). The summed E-state index contributed by atoms with van der Waals surface area (Å²) in [4.78, 5) is 25.0. The third kappa shape index (κ3) is 7.63. The number of nitrogens with zero attached hydrogens (tertiary/aromatic N) is 5. The predicted octanol–water partition coefficient (Wildman–Crippen LogP) is 2.83. The number of rotatable bonds is 10. The molecule has 1 aromatic heterocycles. The van der Waals surface area contributed by atoms with Gasteiger partial charge in [0, 0.05) is 31.7 Å². The first-order chi connectivity index (χ1) is 19.5. The van der Waals surface area contributed by atoms with Gasteiger partial charge in [-0.15, -0.1) is 0 Å². The molecule has 1 amide bonds. The van der Waals surface area contributed by atoms with Gasteiger partial charge in [0.2, 0.25) is 27.7 Å². The number of sulfonamides is 1. The molecule has 2 saturated heterocycles. The zero-order valence-corrected chi connectivity index (χ0v) is 24.7. The van der Waals surface area contributed by atoms with Crippen molar-refractivity contribution in [1.82, 2.24) is 19.2 Å². The van der Waals surface area contributed by atoms with Crippen molar-refractivity contribution in [2.24, 2.45) is 0 Å². The van der Waals surface area contributed by atoms with E-state index in [0.29, 0.717) is 42.6 Å². The van der Waals surface area contributed by atoms with Gasteiger partial charge in [-0.1, -0.05) is 6.58 Å². The standard InChI is InChI=1S/C27H38FN7O5S/c1-6-25(36)30-21-14-22(24(39-4)15-23(21)34-12-9-18(10-13-34)33(2)3)31-27-29-16-20(28)26(32-27)40-19-8-7-11-35(17-19)41(5,37)38/h6,14-16,18-19H,1,7-13,17H2,2-5H3,(H,30,36)(H,29,31,32)/t19-/m1/s1. The number of hydrogen-bond donors (Lipinski definition) is 2. The van der Waals surface area contributed by atoms with Crippen molar-refractivity contribution in [3.8, 4) is 11.6 Å². The van der Waals surface area contributed by atoms with Crippen LogP contribution in [0.15, 0.2) is 31.0 Å². The molecule has 0 spiro atoms. The molecule has 3 heterocycles. The maximum atomic E-state index is 14.6. The molecule has 2 fully saturated rings. The van der Waals surface area contributed by atoms with Gasteiger partial charge < -0.3 is 29.9 Å². The van der Waals surface area contributed by atoms with Crippen LogP contribution in [0.2, 0.25) is 0 Å². The summed E-state index contributed by atoms with van der Waals surface area (Å²) in [6.07, 6.45) is 5.86. The van der Waals surface area contributed by atoms with E-state index in [4.69, 9.17) is 9.47 Å². The number of carbonyl (C=O) groups excluding carboxylic acids is 1. The quantitative estimate of drug-likeness (QED) is 0.398. The van der Waals surface area contributed by atoms with Gasteiger partial charge >= 0.3 is 0 Å². The van der Waals surface area contributed by atoms with Crippen molar-refractivity contribution < 1.29 is 27.1 Å². The number of piperidine rings is 2. The minimum Gasteiger partial charge on any atom is -0.494 e. The molecule has 0 radical (unpaired) electrons. The first kappa shape index (κ1) is 30.5. The second-order valence-electron chi connectivity index (χ2n) is 10.4. The monoisotopic (exact) mass is 591 g/mol. The maximum absolute atomic E-state index is 14.6. The molecule has 1 atom stereocenters. The van der Waals surface area contributed by atoms with Crippen LogP contribution in [0.25, 0.3) is 0 Å². The van der Waals surface area contributed by atoms with Gasteiger partial charge in [-0.05, 0) is 51.9 Å². The summed E-state index contributed by atoms with van der Waals surface area (Å²) in [5.74, 6) is -0.916. The maximum Gasteiger partial charge on any atom is 0.255 e. The van der Waals surface area contributed by atoms with Crippen LogP contribution in [-0.4, -0.2) is 99.3 Å². The summed E-state index contributed by atoms with van der Waals surface area (Å²) >= 11 is 0. The molecule has 41 heavy (non-hydrogen) atoms. The molecular formula is C27H38FN7O5S. The van der Waals surface area contributed by atoms with E-state index >= 15 is 0 Å². The van der Waals surface area contributed by atoms with E-state index in [0.717, 1.165) is 44.1 Å². The Balaban J connectivity index is 1.59. The fraction of sp³-hybridized carbons (Fsp3) is 0.519. The third-order valence-corrected chi connectivity index (χ3v) is 8.61. The largest absolute Gasteiger partial charge is 0.494 e. The van der Waals surface area contributed by atoms with Crippen LogP contribution in [0.4, 0.5) is 27.4 Å². The van der Waals surface area contributed by atoms with Gasteiger partial charge in [-0.2, -0.15) is 13.7 Å². The smallest absolute Gasteiger partial charge is 0.255 e. The molecule has 14 heteroatoms. The Hall–Kier alpha value is -3.49. The van der Waals surface area contributed by atoms with E-state index in [9.17, 15) is 17.6 Å². The number of hydrogen-bond acceptors (Lipinski definition) is 10. The lowest BCUT2D eigenvalue weighted by molar-refractivity contribution is -0.111. The van der Waals surface area contributed by atoms with Crippen LogP contribution in [0.3, 0.4) is 0 Å². The van der Waals surface area contributed by atoms with Crippen molar-refractivity contribution >= 4 is 38.9 Å². The van der Waals surface area contributed by atoms with E-state index in [2.05, 4.69) is 51.1 Å². The summed E-state index contributed by atoms with van der Waals surface area (Å²) < 4.78 is 51.3. The highest BCUT2D eigenvalue weighted by atomic mass is 32.2. The van der Waals surface area contributed by atoms with Gasteiger partial charge in [-0.3, -0.25) is 4.79 Å². The third-order valence-electron chi connectivity index (χ3n) is 7.34. The van der Waals surface area contributed by atoms with Crippen LogP contribution < -0.4 is 25.0 Å². The van der Waals surface area contributed by atoms with Crippen LogP contribution in [0.5, 0.6) is 11.6 Å². The Labute approximate surface area is 240 Å². The molecule has 0 saturated carbocycles. The summed E-state index contributed by atoms with van der Waals surface area (Å²) in [6, 6.07) is 4.03. The van der Waals surface area contributed by atoms with E-state index in [1.165, 1.54) is 17.5 Å². The molecule has 2 aliphatic rings. The number of halogens is 1. The van der Waals surface area contributed by atoms with Crippen molar-refractivity contribution in [2.75, 3.05) is 69.2 Å². The Morgan fingerprint density at radius 1 is 1.20 bits per heavy atom. The molecule has 12 nitrogen and oxygen atoms in total. The molecule has 0 unspecified atom stereocenters. The minimum atomic E-state index is -3.39. The highest BCUT2D eigenvalue weighted by Crippen LogP contribution is 2.39. The SMILES string of the molecule is C=CC(=O)Nc1cc(Nc2ncc(F)c(O[C@@H]3CCCN(S(C)(=O)=O)C3)n2)c(OC)cc1N1CCC(N(C)C)CC1. The number of methoxy groups -OCH3 is 1. The van der Waals surface area contributed by atoms with Gasteiger partial charge in [0.25, 0.3) is 5.88 Å². The Morgan fingerprint density at radius 2 is 1.93 bits per heavy atom. The second kappa shape index (κ2) is 13.0. The van der Waals surface area contributed by atoms with E-state index in [1.807, 2.05) is 6.07 Å². The summed E-state index contributed by atoms with van der Waals surface area (Å²) in [5.41, 5.74) is 1.79. The number of aromatic nitrogens is 2. The van der Waals surface area contributed by atoms with Gasteiger partial charge in [0.15, 0.2) is 0 Å². The fourth-order valence-electron chi connectivity index (χ4n) is 5.08. The minimum absolute atomic E-state index is 0.0380. The first-order valence-electron chi connectivity index (χ1n) is 13.5. The molecule has 224 valence electrons.